The lowest BCUT2D eigenvalue weighted by atomic mass is 10.1. The molecule has 8 nitrogen and oxygen atoms in total. The van der Waals surface area contributed by atoms with E-state index in [9.17, 15) is 19.7 Å². The van der Waals surface area contributed by atoms with Gasteiger partial charge in [0.25, 0.3) is 16.8 Å². The fourth-order valence-electron chi connectivity index (χ4n) is 2.97. The normalized spacial score (nSPS) is 14.8. The van der Waals surface area contributed by atoms with Crippen molar-refractivity contribution >= 4 is 57.3 Å². The molecule has 0 atom stereocenters. The van der Waals surface area contributed by atoms with Crippen LogP contribution in [0.5, 0.6) is 11.5 Å². The number of rotatable bonds is 9. The van der Waals surface area contributed by atoms with Crippen LogP contribution in [0.4, 0.5) is 10.5 Å². The number of carbonyl (C=O) groups is 2. The number of carbonyl (C=O) groups excluding carboxylic acids is 2. The van der Waals surface area contributed by atoms with E-state index in [1.54, 1.807) is 12.1 Å². The highest BCUT2D eigenvalue weighted by Crippen LogP contribution is 2.38. The molecule has 3 rings (SSSR count). The Morgan fingerprint density at radius 1 is 1.16 bits per heavy atom. The van der Waals surface area contributed by atoms with Crippen LogP contribution in [0.1, 0.15) is 31.4 Å². The molecule has 168 valence electrons. The molecule has 0 N–H and O–H groups in total. The highest BCUT2D eigenvalue weighted by atomic mass is 127. The van der Waals surface area contributed by atoms with Crippen molar-refractivity contribution in [3.05, 3.63) is 66.1 Å². The van der Waals surface area contributed by atoms with E-state index in [-0.39, 0.29) is 17.5 Å². The summed E-state index contributed by atoms with van der Waals surface area (Å²) in [6.07, 6.45) is 2.53. The molecule has 10 heteroatoms. The molecule has 2 aromatic carbocycles. The van der Waals surface area contributed by atoms with Crippen molar-refractivity contribution in [1.82, 2.24) is 4.90 Å². The summed E-state index contributed by atoms with van der Waals surface area (Å²) in [6, 6.07) is 9.44. The van der Waals surface area contributed by atoms with Gasteiger partial charge in [-0.15, -0.1) is 0 Å². The first-order valence-corrected chi connectivity index (χ1v) is 11.8. The Hall–Kier alpha value is -2.60. The highest BCUT2D eigenvalue weighted by Gasteiger charge is 2.35. The van der Waals surface area contributed by atoms with Crippen molar-refractivity contribution in [1.29, 1.82) is 0 Å². The maximum atomic E-state index is 12.9. The van der Waals surface area contributed by atoms with Crippen molar-refractivity contribution in [3.8, 4) is 11.5 Å². The van der Waals surface area contributed by atoms with Gasteiger partial charge in [0, 0.05) is 12.1 Å². The zero-order valence-electron chi connectivity index (χ0n) is 17.5. The van der Waals surface area contributed by atoms with Crippen molar-refractivity contribution < 1.29 is 24.0 Å². The second kappa shape index (κ2) is 10.8. The number of hydrogen-bond acceptors (Lipinski definition) is 7. The minimum absolute atomic E-state index is 0.0471. The van der Waals surface area contributed by atoms with Crippen LogP contribution in [0.2, 0.25) is 0 Å². The van der Waals surface area contributed by atoms with Gasteiger partial charge in [-0.25, -0.2) is 0 Å². The van der Waals surface area contributed by atoms with Gasteiger partial charge in [-0.3, -0.25) is 24.6 Å². The second-order valence-corrected chi connectivity index (χ2v) is 8.96. The number of thioether (sulfide) groups is 1. The SMILES string of the molecule is CCCOc1c(I)cc(/C=C2\SC(=O)N(Cc3ccc([N+](=O)[O-])cc3)C2=O)cc1OCC. The van der Waals surface area contributed by atoms with Gasteiger partial charge in [-0.1, -0.05) is 19.1 Å². The van der Waals surface area contributed by atoms with Gasteiger partial charge >= 0.3 is 0 Å². The molecule has 32 heavy (non-hydrogen) atoms. The van der Waals surface area contributed by atoms with Crippen LogP contribution in [0, 0.1) is 13.7 Å². The number of nitro benzene ring substituents is 1. The molecule has 2 amide bonds. The number of amides is 2. The largest absolute Gasteiger partial charge is 0.490 e. The zero-order valence-corrected chi connectivity index (χ0v) is 20.5. The van der Waals surface area contributed by atoms with Gasteiger partial charge in [-0.2, -0.15) is 0 Å². The highest BCUT2D eigenvalue weighted by molar-refractivity contribution is 14.1. The molecular formula is C22H21IN2O6S. The van der Waals surface area contributed by atoms with Gasteiger partial charge in [-0.05, 0) is 77.0 Å². The van der Waals surface area contributed by atoms with Crippen molar-refractivity contribution in [3.63, 3.8) is 0 Å². The fraction of sp³-hybridized carbons (Fsp3) is 0.273. The Morgan fingerprint density at radius 3 is 2.50 bits per heavy atom. The molecule has 1 heterocycles. The van der Waals surface area contributed by atoms with Crippen molar-refractivity contribution in [2.24, 2.45) is 0 Å². The lowest BCUT2D eigenvalue weighted by Crippen LogP contribution is -2.27. The molecule has 1 fully saturated rings. The molecule has 0 aliphatic carbocycles. The second-order valence-electron chi connectivity index (χ2n) is 6.80. The number of hydrogen-bond donors (Lipinski definition) is 0. The molecule has 0 unspecified atom stereocenters. The van der Waals surface area contributed by atoms with E-state index in [1.807, 2.05) is 19.9 Å². The Balaban J connectivity index is 1.82. The number of ether oxygens (including phenoxy) is 2. The number of non-ortho nitro benzene ring substituents is 1. The number of nitrogens with zero attached hydrogens (tertiary/aromatic N) is 2. The van der Waals surface area contributed by atoms with Gasteiger partial charge in [0.05, 0.1) is 33.2 Å². The average Bonchev–Trinajstić information content (AvgIpc) is 3.01. The maximum Gasteiger partial charge on any atom is 0.293 e. The van der Waals surface area contributed by atoms with Gasteiger partial charge in [0.15, 0.2) is 11.5 Å². The first kappa shape index (κ1) is 24.1. The Morgan fingerprint density at radius 2 is 1.88 bits per heavy atom. The monoisotopic (exact) mass is 568 g/mol. The number of nitro groups is 1. The smallest absolute Gasteiger partial charge is 0.293 e. The minimum atomic E-state index is -0.497. The molecule has 0 radical (unpaired) electrons. The number of benzene rings is 2. The summed E-state index contributed by atoms with van der Waals surface area (Å²) in [5, 5.41) is 10.4. The summed E-state index contributed by atoms with van der Waals surface area (Å²) in [4.78, 5) is 37.0. The molecule has 1 saturated heterocycles. The molecule has 1 aliphatic rings. The third kappa shape index (κ3) is 5.60. The van der Waals surface area contributed by atoms with Crippen LogP contribution in [-0.2, 0) is 11.3 Å². The van der Waals surface area contributed by atoms with Crippen LogP contribution >= 0.6 is 34.4 Å². The fourth-order valence-corrected chi connectivity index (χ4v) is 4.59. The maximum absolute atomic E-state index is 12.9. The summed E-state index contributed by atoms with van der Waals surface area (Å²) in [5.74, 6) is 0.847. The first-order chi connectivity index (χ1) is 15.3. The topological polar surface area (TPSA) is 99.0 Å². The van der Waals surface area contributed by atoms with E-state index in [1.165, 1.54) is 24.3 Å². The standard InChI is InChI=1S/C22H21IN2O6S/c1-3-9-31-20-17(23)10-15(11-18(20)30-4-2)12-19-21(26)24(22(27)32-19)13-14-5-7-16(8-6-14)25(28)29/h5-8,10-12H,3-4,9,13H2,1-2H3/b19-12-. The molecule has 2 aromatic rings. The lowest BCUT2D eigenvalue weighted by molar-refractivity contribution is -0.384. The van der Waals surface area contributed by atoms with E-state index in [0.29, 0.717) is 35.2 Å². The van der Waals surface area contributed by atoms with Gasteiger partial charge in [0.1, 0.15) is 0 Å². The van der Waals surface area contributed by atoms with E-state index in [4.69, 9.17) is 9.47 Å². The first-order valence-electron chi connectivity index (χ1n) is 9.91. The molecule has 0 saturated carbocycles. The quantitative estimate of drug-likeness (QED) is 0.168. The predicted molar refractivity (Wildman–Crippen MR) is 131 cm³/mol. The van der Waals surface area contributed by atoms with Crippen LogP contribution in [0.15, 0.2) is 41.3 Å². The summed E-state index contributed by atoms with van der Waals surface area (Å²) in [7, 11) is 0. The van der Waals surface area contributed by atoms with Gasteiger partial charge in [0.2, 0.25) is 0 Å². The summed E-state index contributed by atoms with van der Waals surface area (Å²) < 4.78 is 12.4. The number of halogens is 1. The summed E-state index contributed by atoms with van der Waals surface area (Å²) in [6.45, 7) is 4.98. The van der Waals surface area contributed by atoms with E-state index in [2.05, 4.69) is 22.6 Å². The molecule has 0 bridgehead atoms. The zero-order chi connectivity index (χ0) is 23.3. The van der Waals surface area contributed by atoms with Gasteiger partial charge < -0.3 is 9.47 Å². The van der Waals surface area contributed by atoms with Crippen molar-refractivity contribution in [2.75, 3.05) is 13.2 Å². The summed E-state index contributed by atoms with van der Waals surface area (Å²) in [5.41, 5.74) is 1.31. The van der Waals surface area contributed by atoms with Crippen LogP contribution in [-0.4, -0.2) is 34.2 Å². The molecule has 0 spiro atoms. The Bertz CT molecular complexity index is 1070. The Kier molecular flexibility index (Phi) is 8.13. The predicted octanol–water partition coefficient (Wildman–Crippen LogP) is 5.62. The van der Waals surface area contributed by atoms with Crippen LogP contribution < -0.4 is 9.47 Å². The van der Waals surface area contributed by atoms with E-state index in [0.717, 1.165) is 32.2 Å². The minimum Gasteiger partial charge on any atom is -0.490 e. The molecule has 0 aromatic heterocycles. The molecule has 1 aliphatic heterocycles. The van der Waals surface area contributed by atoms with Crippen LogP contribution in [0.3, 0.4) is 0 Å². The summed E-state index contributed by atoms with van der Waals surface area (Å²) >= 11 is 3.02. The van der Waals surface area contributed by atoms with Crippen LogP contribution in [0.25, 0.3) is 6.08 Å². The number of imide groups is 1. The van der Waals surface area contributed by atoms with E-state index < -0.39 is 10.8 Å². The average molecular weight is 568 g/mol. The lowest BCUT2D eigenvalue weighted by Gasteiger charge is -2.14. The van der Waals surface area contributed by atoms with Crippen molar-refractivity contribution in [2.45, 2.75) is 26.8 Å². The Labute approximate surface area is 203 Å². The third-order valence-corrected chi connectivity index (χ3v) is 6.15. The van der Waals surface area contributed by atoms with E-state index >= 15 is 0 Å². The molecular weight excluding hydrogens is 547 g/mol. The third-order valence-electron chi connectivity index (χ3n) is 4.44.